The summed E-state index contributed by atoms with van der Waals surface area (Å²) in [5.41, 5.74) is 6.33. The predicted molar refractivity (Wildman–Crippen MR) is 137 cm³/mol. The maximum Gasteiger partial charge on any atom is 0.324 e. The number of aromatic nitrogens is 1. The summed E-state index contributed by atoms with van der Waals surface area (Å²) in [7, 11) is 1.42. The average molecular weight is 545 g/mol. The molecule has 35 heavy (non-hydrogen) atoms. The van der Waals surface area contributed by atoms with Crippen LogP contribution in [-0.4, -0.2) is 35.5 Å². The van der Waals surface area contributed by atoms with Gasteiger partial charge in [-0.2, -0.15) is 4.99 Å². The van der Waals surface area contributed by atoms with Gasteiger partial charge in [-0.1, -0.05) is 38.3 Å². The number of benzene rings is 1. The van der Waals surface area contributed by atoms with Crippen molar-refractivity contribution >= 4 is 58.8 Å². The Hall–Kier alpha value is -2.40. The minimum Gasteiger partial charge on any atom is -0.496 e. The number of hydrogen-bond acceptors (Lipinski definition) is 7. The van der Waals surface area contributed by atoms with E-state index < -0.39 is 17.9 Å². The molecular formula is C23H30Cl2N4O5S. The second-order valence-electron chi connectivity index (χ2n) is 8.44. The topological polar surface area (TPSA) is 125 Å². The molecule has 1 aromatic heterocycles. The molecular weight excluding hydrogens is 515 g/mol. The number of methoxy groups -OCH3 is 1. The van der Waals surface area contributed by atoms with Gasteiger partial charge in [0.2, 0.25) is 5.91 Å². The van der Waals surface area contributed by atoms with Gasteiger partial charge in [-0.25, -0.2) is 0 Å². The van der Waals surface area contributed by atoms with Crippen molar-refractivity contribution in [2.45, 2.75) is 52.3 Å². The Balaban J connectivity index is 0.00000432. The van der Waals surface area contributed by atoms with E-state index in [0.29, 0.717) is 10.5 Å². The van der Waals surface area contributed by atoms with Gasteiger partial charge in [-0.15, -0.1) is 23.7 Å². The molecule has 1 fully saturated rings. The third-order valence-electron chi connectivity index (χ3n) is 5.70. The Kier molecular flexibility index (Phi) is 10.8. The van der Waals surface area contributed by atoms with E-state index in [2.05, 4.69) is 10.3 Å². The number of halogens is 2. The summed E-state index contributed by atoms with van der Waals surface area (Å²) in [6, 6.07) is 2.21. The second-order valence-corrected chi connectivity index (χ2v) is 9.72. The third kappa shape index (κ3) is 7.30. The number of anilines is 1. The molecule has 192 valence electrons. The molecule has 2 aromatic rings. The van der Waals surface area contributed by atoms with E-state index in [0.717, 1.165) is 25.7 Å². The molecule has 0 aliphatic heterocycles. The van der Waals surface area contributed by atoms with Crippen LogP contribution in [0.2, 0.25) is 5.02 Å². The summed E-state index contributed by atoms with van der Waals surface area (Å²) in [4.78, 5) is 41.9. The van der Waals surface area contributed by atoms with Gasteiger partial charge >= 0.3 is 5.97 Å². The van der Waals surface area contributed by atoms with Crippen molar-refractivity contribution in [2.75, 3.05) is 12.4 Å². The molecule has 0 bridgehead atoms. The largest absolute Gasteiger partial charge is 0.496 e. The number of esters is 1. The Bertz CT molecular complexity index is 1130. The minimum atomic E-state index is -0.736. The lowest BCUT2D eigenvalue weighted by atomic mass is 10.1. The van der Waals surface area contributed by atoms with Crippen LogP contribution in [0.3, 0.4) is 0 Å². The lowest BCUT2D eigenvalue weighted by Gasteiger charge is -2.15. The van der Waals surface area contributed by atoms with Crippen LogP contribution in [0.1, 0.15) is 49.9 Å². The number of carbonyl (C=O) groups excluding carboxylic acids is 3. The van der Waals surface area contributed by atoms with Crippen LogP contribution in [0.4, 0.5) is 5.69 Å². The zero-order chi connectivity index (χ0) is 24.8. The van der Waals surface area contributed by atoms with E-state index in [1.807, 2.05) is 13.8 Å². The fourth-order valence-corrected chi connectivity index (χ4v) is 4.47. The summed E-state index contributed by atoms with van der Waals surface area (Å²) >= 11 is 7.57. The van der Waals surface area contributed by atoms with Crippen LogP contribution in [0.5, 0.6) is 5.75 Å². The molecule has 3 rings (SSSR count). The summed E-state index contributed by atoms with van der Waals surface area (Å²) in [5.74, 6) is -1.07. The number of nitrogens with one attached hydrogen (secondary N) is 1. The normalized spacial score (nSPS) is 15.0. The first kappa shape index (κ1) is 28.8. The quantitative estimate of drug-likeness (QED) is 0.484. The van der Waals surface area contributed by atoms with E-state index in [1.54, 1.807) is 11.6 Å². The van der Waals surface area contributed by atoms with Gasteiger partial charge in [-0.05, 0) is 24.8 Å². The highest BCUT2D eigenvalue weighted by molar-refractivity contribution is 7.07. The minimum absolute atomic E-state index is 0. The van der Waals surface area contributed by atoms with Gasteiger partial charge < -0.3 is 20.5 Å². The summed E-state index contributed by atoms with van der Waals surface area (Å²) in [5, 5.41) is 4.76. The zero-order valence-corrected chi connectivity index (χ0v) is 22.2. The molecule has 3 N–H and O–H groups in total. The van der Waals surface area contributed by atoms with Crippen LogP contribution in [0, 0.1) is 11.8 Å². The molecule has 0 spiro atoms. The Labute approximate surface area is 219 Å². The molecule has 1 atom stereocenters. The van der Waals surface area contributed by atoms with Crippen LogP contribution in [-0.2, 0) is 21.1 Å². The Morgan fingerprint density at radius 3 is 2.60 bits per heavy atom. The Morgan fingerprint density at radius 1 is 1.29 bits per heavy atom. The molecule has 0 unspecified atom stereocenters. The fourth-order valence-electron chi connectivity index (χ4n) is 3.54. The first-order valence-corrected chi connectivity index (χ1v) is 12.3. The van der Waals surface area contributed by atoms with Gasteiger partial charge in [0.25, 0.3) is 5.91 Å². The number of rotatable bonds is 8. The highest BCUT2D eigenvalue weighted by Gasteiger charge is 2.24. The van der Waals surface area contributed by atoms with Crippen molar-refractivity contribution in [3.8, 4) is 5.75 Å². The molecule has 9 nitrogen and oxygen atoms in total. The van der Waals surface area contributed by atoms with Gasteiger partial charge in [0, 0.05) is 23.6 Å². The van der Waals surface area contributed by atoms with Crippen molar-refractivity contribution < 1.29 is 23.9 Å². The molecule has 12 heteroatoms. The number of nitrogens with zero attached hydrogens (tertiary/aromatic N) is 2. The molecule has 1 saturated carbocycles. The van der Waals surface area contributed by atoms with E-state index in [4.69, 9.17) is 26.8 Å². The lowest BCUT2D eigenvalue weighted by Crippen LogP contribution is -2.37. The lowest BCUT2D eigenvalue weighted by molar-refractivity contribution is -0.150. The molecule has 2 amide bonds. The summed E-state index contributed by atoms with van der Waals surface area (Å²) in [6.07, 6.45) is 5.44. The average Bonchev–Trinajstić information content (AvgIpc) is 3.50. The number of ether oxygens (including phenoxy) is 2. The molecule has 0 saturated heterocycles. The monoisotopic (exact) mass is 544 g/mol. The number of hydrogen-bond donors (Lipinski definition) is 2. The van der Waals surface area contributed by atoms with Crippen molar-refractivity contribution in [2.24, 2.45) is 22.6 Å². The van der Waals surface area contributed by atoms with E-state index in [1.165, 1.54) is 35.1 Å². The van der Waals surface area contributed by atoms with Gasteiger partial charge in [0.15, 0.2) is 11.5 Å². The number of thiazole rings is 1. The number of carbonyl (C=O) groups is 3. The van der Waals surface area contributed by atoms with Crippen molar-refractivity contribution in [1.82, 2.24) is 4.57 Å². The third-order valence-corrected chi connectivity index (χ3v) is 6.80. The fraction of sp³-hybridized carbons (Fsp3) is 0.478. The van der Waals surface area contributed by atoms with E-state index in [9.17, 15) is 14.4 Å². The summed E-state index contributed by atoms with van der Waals surface area (Å²) < 4.78 is 12.1. The van der Waals surface area contributed by atoms with Crippen molar-refractivity contribution in [3.63, 3.8) is 0 Å². The second kappa shape index (κ2) is 13.1. The molecule has 0 radical (unpaired) electrons. The molecule has 1 aliphatic carbocycles. The van der Waals surface area contributed by atoms with Crippen molar-refractivity contribution in [3.05, 3.63) is 39.1 Å². The van der Waals surface area contributed by atoms with Gasteiger partial charge in [0.1, 0.15) is 11.8 Å². The number of amides is 2. The van der Waals surface area contributed by atoms with E-state index in [-0.39, 0.29) is 53.2 Å². The number of nitrogens with two attached hydrogens (primary N) is 1. The first-order valence-electron chi connectivity index (χ1n) is 11.0. The van der Waals surface area contributed by atoms with Gasteiger partial charge in [-0.3, -0.25) is 19.0 Å². The SMILES string of the molecule is COc1cc(NC(=O)C2CCCC2)c(Cl)cc1C(=O)N=c1sccn1COC(=O)[C@@H](N)C(C)C.Cl. The highest BCUT2D eigenvalue weighted by Crippen LogP contribution is 2.33. The van der Waals surface area contributed by atoms with Crippen LogP contribution < -0.4 is 20.6 Å². The first-order chi connectivity index (χ1) is 16.2. The van der Waals surface area contributed by atoms with Gasteiger partial charge in [0.05, 0.1) is 23.4 Å². The van der Waals surface area contributed by atoms with Crippen molar-refractivity contribution in [1.29, 1.82) is 0 Å². The molecule has 1 heterocycles. The molecule has 1 aromatic carbocycles. The molecule has 1 aliphatic rings. The predicted octanol–water partition coefficient (Wildman–Crippen LogP) is 3.99. The van der Waals surface area contributed by atoms with E-state index >= 15 is 0 Å². The van der Waals surface area contributed by atoms with Crippen LogP contribution in [0.15, 0.2) is 28.7 Å². The maximum absolute atomic E-state index is 12.9. The maximum atomic E-state index is 12.9. The smallest absolute Gasteiger partial charge is 0.324 e. The zero-order valence-electron chi connectivity index (χ0n) is 19.8. The summed E-state index contributed by atoms with van der Waals surface area (Å²) in [6.45, 7) is 3.53. The van der Waals surface area contributed by atoms with Crippen LogP contribution >= 0.6 is 35.3 Å². The highest BCUT2D eigenvalue weighted by atomic mass is 35.5. The standard InChI is InChI=1S/C23H29ClN4O5S.ClH/c1-13(2)19(25)22(31)33-12-28-8-9-34-23(28)27-21(30)15-10-16(24)17(11-18(15)32-3)26-20(29)14-6-4-5-7-14;/h8-11,13-14,19H,4-7,12,25H2,1-3H3,(H,26,29);1H/t19-;/m0./s1. The van der Waals surface area contributed by atoms with Crippen LogP contribution in [0.25, 0.3) is 0 Å². The Morgan fingerprint density at radius 2 is 1.97 bits per heavy atom.